The van der Waals surface area contributed by atoms with Crippen molar-refractivity contribution >= 4 is 12.0 Å². The van der Waals surface area contributed by atoms with Gasteiger partial charge in [0, 0.05) is 5.57 Å². The van der Waals surface area contributed by atoms with Gasteiger partial charge in [-0.3, -0.25) is 0 Å². The summed E-state index contributed by atoms with van der Waals surface area (Å²) in [5, 5.41) is 0. The molecule has 3 nitrogen and oxygen atoms in total. The van der Waals surface area contributed by atoms with Crippen LogP contribution in [0.25, 0.3) is 6.08 Å². The number of halogens is 2. The SMILES string of the molecule is CCOC(=O)/C(F)=C(C)/C(F)=C/C=C(C)/C=C/c1c(C)cc(OC)c(C)c1C. The summed E-state index contributed by atoms with van der Waals surface area (Å²) < 4.78 is 37.8. The Bertz CT molecular complexity index is 859. The van der Waals surface area contributed by atoms with Gasteiger partial charge in [-0.2, -0.15) is 4.39 Å². The summed E-state index contributed by atoms with van der Waals surface area (Å²) in [5.74, 6) is -2.37. The summed E-state index contributed by atoms with van der Waals surface area (Å²) in [6.45, 7) is 10.6. The zero-order valence-electron chi connectivity index (χ0n) is 17.6. The normalized spacial score (nSPS) is 13.6. The van der Waals surface area contributed by atoms with Gasteiger partial charge in [0.15, 0.2) is 0 Å². The Morgan fingerprint density at radius 3 is 2.32 bits per heavy atom. The Morgan fingerprint density at radius 1 is 1.11 bits per heavy atom. The number of hydrogen-bond acceptors (Lipinski definition) is 3. The van der Waals surface area contributed by atoms with Gasteiger partial charge in [0.05, 0.1) is 13.7 Å². The minimum absolute atomic E-state index is 0.0261. The van der Waals surface area contributed by atoms with Crippen LogP contribution in [-0.2, 0) is 9.53 Å². The molecule has 5 heteroatoms. The van der Waals surface area contributed by atoms with E-state index in [4.69, 9.17) is 4.74 Å². The van der Waals surface area contributed by atoms with Crippen molar-refractivity contribution < 1.29 is 23.0 Å². The monoisotopic (exact) mass is 390 g/mol. The van der Waals surface area contributed by atoms with Crippen molar-refractivity contribution in [3.63, 3.8) is 0 Å². The molecule has 28 heavy (non-hydrogen) atoms. The van der Waals surface area contributed by atoms with E-state index in [1.165, 1.54) is 13.0 Å². The topological polar surface area (TPSA) is 35.5 Å². The molecule has 1 rings (SSSR count). The Balaban J connectivity index is 3.08. The lowest BCUT2D eigenvalue weighted by atomic mass is 9.96. The Kier molecular flexibility index (Phi) is 8.83. The molecule has 0 aromatic heterocycles. The fraction of sp³-hybridized carbons (Fsp3) is 0.348. The molecule has 0 saturated carbocycles. The van der Waals surface area contributed by atoms with Gasteiger partial charge in [0.25, 0.3) is 0 Å². The summed E-state index contributed by atoms with van der Waals surface area (Å²) in [4.78, 5) is 11.3. The number of methoxy groups -OCH3 is 1. The molecule has 1 aromatic rings. The number of hydrogen-bond donors (Lipinski definition) is 0. The van der Waals surface area contributed by atoms with Crippen LogP contribution in [0, 0.1) is 20.8 Å². The summed E-state index contributed by atoms with van der Waals surface area (Å²) in [6, 6.07) is 1.98. The van der Waals surface area contributed by atoms with E-state index in [0.29, 0.717) is 0 Å². The van der Waals surface area contributed by atoms with Crippen LogP contribution in [0.1, 0.15) is 43.0 Å². The zero-order chi connectivity index (χ0) is 21.4. The van der Waals surface area contributed by atoms with E-state index in [1.54, 1.807) is 14.0 Å². The number of rotatable bonds is 7. The zero-order valence-corrected chi connectivity index (χ0v) is 17.6. The van der Waals surface area contributed by atoms with Gasteiger partial charge in [-0.05, 0) is 75.9 Å². The average molecular weight is 390 g/mol. The number of allylic oxidation sites excluding steroid dienone is 6. The van der Waals surface area contributed by atoms with Gasteiger partial charge in [-0.15, -0.1) is 0 Å². The van der Waals surface area contributed by atoms with Crippen LogP contribution in [0.3, 0.4) is 0 Å². The molecule has 0 unspecified atom stereocenters. The van der Waals surface area contributed by atoms with Crippen LogP contribution in [0.15, 0.2) is 47.1 Å². The molecule has 0 atom stereocenters. The maximum Gasteiger partial charge on any atom is 0.367 e. The third-order valence-electron chi connectivity index (χ3n) is 4.48. The van der Waals surface area contributed by atoms with Crippen molar-refractivity contribution in [2.45, 2.75) is 41.5 Å². The van der Waals surface area contributed by atoms with Gasteiger partial charge >= 0.3 is 5.97 Å². The Labute approximate surface area is 166 Å². The molecule has 0 saturated heterocycles. The molecule has 0 radical (unpaired) electrons. The second-order valence-electron chi connectivity index (χ2n) is 6.48. The third-order valence-corrected chi connectivity index (χ3v) is 4.48. The molecule has 0 fully saturated rings. The first kappa shape index (κ1) is 23.3. The van der Waals surface area contributed by atoms with Gasteiger partial charge in [-0.25, -0.2) is 9.18 Å². The summed E-state index contributed by atoms with van der Waals surface area (Å²) in [6.07, 6.45) is 6.46. The van der Waals surface area contributed by atoms with E-state index >= 15 is 0 Å². The first-order chi connectivity index (χ1) is 13.1. The van der Waals surface area contributed by atoms with Gasteiger partial charge in [-0.1, -0.05) is 23.8 Å². The molecule has 0 aliphatic carbocycles. The van der Waals surface area contributed by atoms with E-state index in [0.717, 1.165) is 39.7 Å². The second-order valence-corrected chi connectivity index (χ2v) is 6.48. The number of benzene rings is 1. The van der Waals surface area contributed by atoms with Crippen LogP contribution >= 0.6 is 0 Å². The highest BCUT2D eigenvalue weighted by molar-refractivity contribution is 5.87. The molecule has 1 aromatic carbocycles. The lowest BCUT2D eigenvalue weighted by Gasteiger charge is -2.13. The molecule has 0 aliphatic heterocycles. The van der Waals surface area contributed by atoms with Crippen molar-refractivity contribution in [2.75, 3.05) is 13.7 Å². The predicted octanol–water partition coefficient (Wildman–Crippen LogP) is 6.24. The smallest absolute Gasteiger partial charge is 0.367 e. The van der Waals surface area contributed by atoms with Crippen LogP contribution < -0.4 is 4.74 Å². The van der Waals surface area contributed by atoms with E-state index in [-0.39, 0.29) is 12.2 Å². The Hall–Kier alpha value is -2.69. The summed E-state index contributed by atoms with van der Waals surface area (Å²) in [5.41, 5.74) is 4.70. The van der Waals surface area contributed by atoms with Gasteiger partial charge < -0.3 is 9.47 Å². The first-order valence-electron chi connectivity index (χ1n) is 9.04. The van der Waals surface area contributed by atoms with Crippen LogP contribution in [0.4, 0.5) is 8.78 Å². The standard InChI is InChI=1S/C23H28F2O3/c1-8-28-23(26)22(25)18(6)20(24)12-10-14(2)9-11-19-15(3)13-21(27-7)17(5)16(19)4/h9-13H,8H2,1-7H3/b11-9+,14-10+,20-12-,22-18-. The summed E-state index contributed by atoms with van der Waals surface area (Å²) in [7, 11) is 1.64. The highest BCUT2D eigenvalue weighted by Gasteiger charge is 2.16. The van der Waals surface area contributed by atoms with Crippen molar-refractivity contribution in [1.29, 1.82) is 0 Å². The summed E-state index contributed by atoms with van der Waals surface area (Å²) >= 11 is 0. The largest absolute Gasteiger partial charge is 0.496 e. The van der Waals surface area contributed by atoms with Crippen LogP contribution in [0.2, 0.25) is 0 Å². The number of carbonyl (C=O) groups excluding carboxylic acids is 1. The number of aryl methyl sites for hydroxylation is 1. The number of esters is 1. The maximum atomic E-state index is 14.1. The molecule has 0 heterocycles. The molecule has 0 N–H and O–H groups in total. The molecule has 0 aliphatic rings. The minimum Gasteiger partial charge on any atom is -0.496 e. The molecule has 152 valence electrons. The molecular weight excluding hydrogens is 362 g/mol. The lowest BCUT2D eigenvalue weighted by Crippen LogP contribution is -2.06. The fourth-order valence-electron chi connectivity index (χ4n) is 2.59. The molecular formula is C23H28F2O3. The van der Waals surface area contributed by atoms with Crippen molar-refractivity contribution in [3.05, 3.63) is 69.3 Å². The van der Waals surface area contributed by atoms with Crippen molar-refractivity contribution in [1.82, 2.24) is 0 Å². The van der Waals surface area contributed by atoms with Crippen LogP contribution in [-0.4, -0.2) is 19.7 Å². The first-order valence-corrected chi connectivity index (χ1v) is 9.04. The average Bonchev–Trinajstić information content (AvgIpc) is 2.67. The van der Waals surface area contributed by atoms with E-state index in [2.05, 4.69) is 4.74 Å². The maximum absolute atomic E-state index is 14.1. The minimum atomic E-state index is -1.22. The predicted molar refractivity (Wildman–Crippen MR) is 110 cm³/mol. The van der Waals surface area contributed by atoms with Gasteiger partial charge in [0.1, 0.15) is 11.6 Å². The quantitative estimate of drug-likeness (QED) is 0.314. The highest BCUT2D eigenvalue weighted by Crippen LogP contribution is 2.28. The third kappa shape index (κ3) is 5.91. The molecule has 0 spiro atoms. The lowest BCUT2D eigenvalue weighted by molar-refractivity contribution is -0.140. The number of ether oxygens (including phenoxy) is 2. The second kappa shape index (κ2) is 10.6. The molecule has 0 bridgehead atoms. The van der Waals surface area contributed by atoms with E-state index in [1.807, 2.05) is 45.9 Å². The van der Waals surface area contributed by atoms with E-state index in [9.17, 15) is 13.6 Å². The van der Waals surface area contributed by atoms with Crippen LogP contribution in [0.5, 0.6) is 5.75 Å². The van der Waals surface area contributed by atoms with E-state index < -0.39 is 17.6 Å². The highest BCUT2D eigenvalue weighted by atomic mass is 19.1. The van der Waals surface area contributed by atoms with Crippen molar-refractivity contribution in [3.8, 4) is 5.75 Å². The van der Waals surface area contributed by atoms with Gasteiger partial charge in [0.2, 0.25) is 5.83 Å². The van der Waals surface area contributed by atoms with Crippen molar-refractivity contribution in [2.24, 2.45) is 0 Å². The fourth-order valence-corrected chi connectivity index (χ4v) is 2.59. The Morgan fingerprint density at radius 2 is 1.75 bits per heavy atom. The number of carbonyl (C=O) groups is 1. The molecule has 0 amide bonds.